The Balaban J connectivity index is 1.47. The van der Waals surface area contributed by atoms with Crippen molar-refractivity contribution in [2.45, 2.75) is 32.2 Å². The molecule has 2 aromatic carbocycles. The number of phenols is 1. The average Bonchev–Trinajstić information content (AvgIpc) is 3.16. The summed E-state index contributed by atoms with van der Waals surface area (Å²) in [5.41, 5.74) is 3.16. The molecular weight excluding hydrogens is 482 g/mol. The number of amides is 2. The van der Waals surface area contributed by atoms with Crippen molar-refractivity contribution in [1.29, 1.82) is 0 Å². The molecule has 0 saturated carbocycles. The van der Waals surface area contributed by atoms with Gasteiger partial charge in [0.25, 0.3) is 0 Å². The fraction of sp³-hybridized carbons (Fsp3) is 0.290. The first kappa shape index (κ1) is 24.1. The van der Waals surface area contributed by atoms with Gasteiger partial charge in [0.05, 0.1) is 25.5 Å². The minimum absolute atomic E-state index is 0.0302. The number of aromatic hydroxyl groups is 1. The van der Waals surface area contributed by atoms with Gasteiger partial charge in [-0.15, -0.1) is 0 Å². The van der Waals surface area contributed by atoms with Crippen LogP contribution in [-0.2, 0) is 25.7 Å². The standard InChI is InChI=1S/C31H27NO6/c1-16-12-25(34)28-23(29(16)35)14-21-19(26(28)22-13-18(38-2)8-11-24(22)33)9-10-20-27(21)31(37)32(30(20)36)15-17-6-4-3-5-7-17/h3-9,11-13,20-21,26-27,33H,10,14-15H2,1-2H3. The first-order valence-electron chi connectivity index (χ1n) is 12.8. The number of Topliss-reactive ketones (excluding diaryl/α,β-unsaturated/α-hetero) is 1. The van der Waals surface area contributed by atoms with Crippen molar-refractivity contribution in [3.63, 3.8) is 0 Å². The number of ether oxygens (including phenoxy) is 1. The van der Waals surface area contributed by atoms with Crippen LogP contribution in [0.1, 0.15) is 36.8 Å². The molecular formula is C31H27NO6. The highest BCUT2D eigenvalue weighted by molar-refractivity contribution is 6.23. The van der Waals surface area contributed by atoms with Gasteiger partial charge in [-0.2, -0.15) is 0 Å². The molecule has 0 spiro atoms. The maximum atomic E-state index is 13.8. The number of benzene rings is 2. The molecule has 4 unspecified atom stereocenters. The zero-order valence-corrected chi connectivity index (χ0v) is 21.1. The number of methoxy groups -OCH3 is 1. The fourth-order valence-electron chi connectivity index (χ4n) is 6.62. The van der Waals surface area contributed by atoms with Crippen LogP contribution in [0.25, 0.3) is 0 Å². The van der Waals surface area contributed by atoms with Gasteiger partial charge in [-0.05, 0) is 55.5 Å². The number of carbonyl (C=O) groups is 4. The molecule has 1 N–H and O–H groups in total. The lowest BCUT2D eigenvalue weighted by Gasteiger charge is -2.42. The summed E-state index contributed by atoms with van der Waals surface area (Å²) >= 11 is 0. The maximum Gasteiger partial charge on any atom is 0.234 e. The molecule has 1 fully saturated rings. The molecule has 7 heteroatoms. The molecule has 0 radical (unpaired) electrons. The van der Waals surface area contributed by atoms with Crippen molar-refractivity contribution >= 4 is 23.4 Å². The fourth-order valence-corrected chi connectivity index (χ4v) is 6.62. The van der Waals surface area contributed by atoms with E-state index in [1.807, 2.05) is 36.4 Å². The first-order valence-corrected chi connectivity index (χ1v) is 12.8. The second-order valence-electron chi connectivity index (χ2n) is 10.4. The minimum Gasteiger partial charge on any atom is -0.508 e. The molecule has 0 bridgehead atoms. The van der Waals surface area contributed by atoms with Crippen LogP contribution in [0.5, 0.6) is 11.5 Å². The first-order chi connectivity index (χ1) is 18.3. The van der Waals surface area contributed by atoms with E-state index < -0.39 is 23.7 Å². The van der Waals surface area contributed by atoms with Crippen LogP contribution >= 0.6 is 0 Å². The highest BCUT2D eigenvalue weighted by atomic mass is 16.5. The van der Waals surface area contributed by atoms with Gasteiger partial charge in [0.2, 0.25) is 11.8 Å². The van der Waals surface area contributed by atoms with Crippen molar-refractivity contribution in [3.05, 3.63) is 94.1 Å². The molecule has 2 aromatic rings. The average molecular weight is 510 g/mol. The van der Waals surface area contributed by atoms with Gasteiger partial charge in [0.1, 0.15) is 11.5 Å². The lowest BCUT2D eigenvalue weighted by atomic mass is 9.59. The largest absolute Gasteiger partial charge is 0.508 e. The molecule has 1 heterocycles. The summed E-state index contributed by atoms with van der Waals surface area (Å²) in [6.07, 6.45) is 3.85. The normalized spacial score (nSPS) is 26.5. The van der Waals surface area contributed by atoms with Crippen LogP contribution in [0.3, 0.4) is 0 Å². The van der Waals surface area contributed by atoms with Crippen molar-refractivity contribution in [3.8, 4) is 11.5 Å². The van der Waals surface area contributed by atoms with Gasteiger partial charge < -0.3 is 9.84 Å². The number of carbonyl (C=O) groups excluding carboxylic acids is 4. The number of phenolic OH excluding ortho intramolecular Hbond substituents is 1. The molecule has 2 amide bonds. The Hall–Kier alpha value is -4.26. The third-order valence-electron chi connectivity index (χ3n) is 8.38. The molecule has 192 valence electrons. The third kappa shape index (κ3) is 3.56. The molecule has 7 nitrogen and oxygen atoms in total. The van der Waals surface area contributed by atoms with Crippen molar-refractivity contribution in [2.24, 2.45) is 17.8 Å². The number of hydrogen-bond acceptors (Lipinski definition) is 6. The highest BCUT2D eigenvalue weighted by Crippen LogP contribution is 2.56. The van der Waals surface area contributed by atoms with Gasteiger partial charge in [-0.25, -0.2) is 0 Å². The van der Waals surface area contributed by atoms with Crippen molar-refractivity contribution in [1.82, 2.24) is 4.90 Å². The van der Waals surface area contributed by atoms with Gasteiger partial charge >= 0.3 is 0 Å². The quantitative estimate of drug-likeness (QED) is 0.380. The van der Waals surface area contributed by atoms with E-state index in [1.54, 1.807) is 19.1 Å². The van der Waals surface area contributed by atoms with E-state index in [-0.39, 0.29) is 42.1 Å². The Kier molecular flexibility index (Phi) is 5.67. The predicted molar refractivity (Wildman–Crippen MR) is 138 cm³/mol. The molecule has 1 aliphatic heterocycles. The summed E-state index contributed by atoms with van der Waals surface area (Å²) in [5, 5.41) is 10.9. The summed E-state index contributed by atoms with van der Waals surface area (Å²) in [5.74, 6) is -2.81. The van der Waals surface area contributed by atoms with E-state index in [0.29, 0.717) is 34.5 Å². The van der Waals surface area contributed by atoms with Crippen LogP contribution in [0, 0.1) is 17.8 Å². The minimum atomic E-state index is -0.716. The van der Waals surface area contributed by atoms with E-state index in [0.717, 1.165) is 11.1 Å². The molecule has 0 aromatic heterocycles. The zero-order chi connectivity index (χ0) is 26.7. The van der Waals surface area contributed by atoms with Crippen molar-refractivity contribution in [2.75, 3.05) is 7.11 Å². The molecule has 6 rings (SSSR count). The third-order valence-corrected chi connectivity index (χ3v) is 8.38. The van der Waals surface area contributed by atoms with Gasteiger partial charge in [-0.1, -0.05) is 42.0 Å². The number of fused-ring (bicyclic) bond motifs is 3. The summed E-state index contributed by atoms with van der Waals surface area (Å²) < 4.78 is 5.39. The Labute approximate surface area is 220 Å². The molecule has 38 heavy (non-hydrogen) atoms. The van der Waals surface area contributed by atoms with Crippen LogP contribution in [-0.4, -0.2) is 40.5 Å². The van der Waals surface area contributed by atoms with Crippen molar-refractivity contribution < 1.29 is 29.0 Å². The number of rotatable bonds is 4. The second-order valence-corrected chi connectivity index (χ2v) is 10.4. The summed E-state index contributed by atoms with van der Waals surface area (Å²) in [7, 11) is 1.51. The lowest BCUT2D eigenvalue weighted by Crippen LogP contribution is -2.39. The smallest absolute Gasteiger partial charge is 0.234 e. The molecule has 4 atom stereocenters. The topological polar surface area (TPSA) is 101 Å². The van der Waals surface area contributed by atoms with E-state index in [9.17, 15) is 24.3 Å². The van der Waals surface area contributed by atoms with Crippen LogP contribution in [0.4, 0.5) is 0 Å². The Morgan fingerprint density at radius 1 is 1.00 bits per heavy atom. The van der Waals surface area contributed by atoms with E-state index in [4.69, 9.17) is 4.74 Å². The SMILES string of the molecule is COc1ccc(O)c(C2C3=CCC4C(=O)N(Cc5ccccc5)C(=O)C4C3CC3=C2C(=O)C=C(C)C3=O)c1. The van der Waals surface area contributed by atoms with Gasteiger partial charge in [0.15, 0.2) is 11.6 Å². The van der Waals surface area contributed by atoms with E-state index in [2.05, 4.69) is 0 Å². The Morgan fingerprint density at radius 3 is 2.50 bits per heavy atom. The molecule has 4 aliphatic rings. The lowest BCUT2D eigenvalue weighted by molar-refractivity contribution is -0.140. The maximum absolute atomic E-state index is 13.8. The zero-order valence-electron chi connectivity index (χ0n) is 21.1. The van der Waals surface area contributed by atoms with Crippen LogP contribution in [0.15, 0.2) is 83.0 Å². The highest BCUT2D eigenvalue weighted by Gasteiger charge is 2.56. The predicted octanol–water partition coefficient (Wildman–Crippen LogP) is 4.03. The van der Waals surface area contributed by atoms with E-state index in [1.165, 1.54) is 24.2 Å². The summed E-state index contributed by atoms with van der Waals surface area (Å²) in [6, 6.07) is 14.2. The number of likely N-dealkylation sites (tertiary alicyclic amines) is 1. The number of imide groups is 1. The Morgan fingerprint density at radius 2 is 1.76 bits per heavy atom. The molecule has 3 aliphatic carbocycles. The van der Waals surface area contributed by atoms with Gasteiger partial charge in [0, 0.05) is 28.2 Å². The second kappa shape index (κ2) is 8.94. The number of nitrogens with zero attached hydrogens (tertiary/aromatic N) is 1. The van der Waals surface area contributed by atoms with E-state index >= 15 is 0 Å². The van der Waals surface area contributed by atoms with Gasteiger partial charge in [-0.3, -0.25) is 24.1 Å². The summed E-state index contributed by atoms with van der Waals surface area (Å²) in [4.78, 5) is 55.3. The number of hydrogen-bond donors (Lipinski definition) is 1. The number of allylic oxidation sites excluding steroid dienone is 6. The van der Waals surface area contributed by atoms with Crippen LogP contribution in [0.2, 0.25) is 0 Å². The monoisotopic (exact) mass is 509 g/mol. The molecule has 1 saturated heterocycles. The Bertz CT molecular complexity index is 1500. The summed E-state index contributed by atoms with van der Waals surface area (Å²) in [6.45, 7) is 1.81. The van der Waals surface area contributed by atoms with Crippen LogP contribution < -0.4 is 4.74 Å². The number of ketones is 2.